The molecule has 0 radical (unpaired) electrons. The van der Waals surface area contributed by atoms with E-state index in [9.17, 15) is 9.59 Å². The van der Waals surface area contributed by atoms with Crippen LogP contribution >= 0.6 is 0 Å². The van der Waals surface area contributed by atoms with Crippen LogP contribution < -0.4 is 14.8 Å². The van der Waals surface area contributed by atoms with Gasteiger partial charge < -0.3 is 24.3 Å². The molecule has 0 aliphatic carbocycles. The Hall–Kier alpha value is -4.41. The normalized spacial score (nSPS) is 11.8. The minimum atomic E-state index is -1.12. The maximum Gasteiger partial charge on any atom is 0.344 e. The summed E-state index contributed by atoms with van der Waals surface area (Å²) in [4.78, 5) is 27.6. The van der Waals surface area contributed by atoms with Gasteiger partial charge in [0, 0.05) is 18.3 Å². The Morgan fingerprint density at radius 1 is 1.16 bits per heavy atom. The monoisotopic (exact) mass is 424 g/mol. The smallest absolute Gasteiger partial charge is 0.344 e. The number of carbonyl (C=O) groups excluding carboxylic acids is 1. The number of pyridine rings is 1. The van der Waals surface area contributed by atoms with E-state index in [-0.39, 0.29) is 23.9 Å². The lowest BCUT2D eigenvalue weighted by Gasteiger charge is -2.10. The van der Waals surface area contributed by atoms with Crippen LogP contribution in [0.2, 0.25) is 0 Å². The van der Waals surface area contributed by atoms with Crippen LogP contribution in [0.4, 0.5) is 0 Å². The molecule has 0 saturated heterocycles. The van der Waals surface area contributed by atoms with Crippen molar-refractivity contribution >= 4 is 22.9 Å². The highest BCUT2D eigenvalue weighted by atomic mass is 16.6. The Balaban J connectivity index is 1.42. The van der Waals surface area contributed by atoms with Crippen molar-refractivity contribution in [2.24, 2.45) is 0 Å². The van der Waals surface area contributed by atoms with Crippen LogP contribution in [0.15, 0.2) is 57.7 Å². The molecule has 0 saturated carbocycles. The van der Waals surface area contributed by atoms with Gasteiger partial charge in [-0.05, 0) is 47.6 Å². The van der Waals surface area contributed by atoms with Crippen molar-refractivity contribution in [3.63, 3.8) is 0 Å². The SMILES string of the molecule is CC(Oc1ccc(CNC(=O)c2cccnc2Oc2ccc3nonc3c2)o1)C(=O)O. The van der Waals surface area contributed by atoms with Crippen molar-refractivity contribution in [3.05, 3.63) is 60.0 Å². The number of benzene rings is 1. The van der Waals surface area contributed by atoms with Gasteiger partial charge in [0.15, 0.2) is 6.10 Å². The molecule has 0 bridgehead atoms. The molecule has 0 spiro atoms. The minimum Gasteiger partial charge on any atom is -0.479 e. The zero-order chi connectivity index (χ0) is 21.8. The third-order valence-corrected chi connectivity index (χ3v) is 4.16. The van der Waals surface area contributed by atoms with Crippen molar-refractivity contribution < 1.29 is 33.2 Å². The third-order valence-electron chi connectivity index (χ3n) is 4.16. The van der Waals surface area contributed by atoms with Gasteiger partial charge >= 0.3 is 5.97 Å². The van der Waals surface area contributed by atoms with E-state index in [1.165, 1.54) is 19.2 Å². The van der Waals surface area contributed by atoms with Crippen LogP contribution in [0.5, 0.6) is 17.6 Å². The number of carboxylic acids is 1. The van der Waals surface area contributed by atoms with Crippen LogP contribution in [-0.4, -0.2) is 38.4 Å². The molecular formula is C20H16N4O7. The molecule has 2 N–H and O–H groups in total. The Morgan fingerprint density at radius 3 is 2.84 bits per heavy atom. The number of aromatic nitrogens is 3. The Bertz CT molecular complexity index is 1230. The maximum absolute atomic E-state index is 12.7. The summed E-state index contributed by atoms with van der Waals surface area (Å²) in [5, 5.41) is 19.0. The second-order valence-corrected chi connectivity index (χ2v) is 6.37. The van der Waals surface area contributed by atoms with Gasteiger partial charge in [0.2, 0.25) is 5.88 Å². The van der Waals surface area contributed by atoms with E-state index >= 15 is 0 Å². The third kappa shape index (κ3) is 4.61. The largest absolute Gasteiger partial charge is 0.479 e. The Morgan fingerprint density at radius 2 is 2.00 bits per heavy atom. The molecule has 158 valence electrons. The number of aliphatic carboxylic acids is 1. The standard InChI is InChI=1S/C20H16N4O7/c1-11(20(26)27)28-17-7-5-13(29-17)10-22-18(25)14-3-2-8-21-19(14)30-12-4-6-15-16(9-12)24-31-23-15/h2-9,11H,10H2,1H3,(H,22,25)(H,26,27). The number of fused-ring (bicyclic) bond motifs is 1. The average molecular weight is 424 g/mol. The van der Waals surface area contributed by atoms with E-state index < -0.39 is 18.0 Å². The fourth-order valence-corrected chi connectivity index (χ4v) is 2.59. The molecule has 0 aliphatic rings. The molecule has 1 amide bonds. The number of nitrogens with one attached hydrogen (secondary N) is 1. The molecule has 4 aromatic rings. The van der Waals surface area contributed by atoms with Gasteiger partial charge in [0.25, 0.3) is 11.9 Å². The maximum atomic E-state index is 12.7. The van der Waals surface area contributed by atoms with Crippen molar-refractivity contribution in [2.75, 3.05) is 0 Å². The second-order valence-electron chi connectivity index (χ2n) is 6.37. The lowest BCUT2D eigenvalue weighted by molar-refractivity contribution is -0.144. The summed E-state index contributed by atoms with van der Waals surface area (Å²) in [5.41, 5.74) is 1.29. The molecular weight excluding hydrogens is 408 g/mol. The molecule has 0 fully saturated rings. The van der Waals surface area contributed by atoms with Crippen molar-refractivity contribution in [1.82, 2.24) is 20.6 Å². The minimum absolute atomic E-state index is 0.0438. The van der Waals surface area contributed by atoms with Crippen molar-refractivity contribution in [1.29, 1.82) is 0 Å². The van der Waals surface area contributed by atoms with Crippen LogP contribution in [0.25, 0.3) is 11.0 Å². The van der Waals surface area contributed by atoms with Gasteiger partial charge in [-0.15, -0.1) is 0 Å². The molecule has 4 rings (SSSR count). The number of hydrogen-bond donors (Lipinski definition) is 2. The average Bonchev–Trinajstić information content (AvgIpc) is 3.41. The number of furan rings is 1. The Kier molecular flexibility index (Phi) is 5.47. The summed E-state index contributed by atoms with van der Waals surface area (Å²) in [6, 6.07) is 11.2. The lowest BCUT2D eigenvalue weighted by Crippen LogP contribution is -2.23. The summed E-state index contributed by atoms with van der Waals surface area (Å²) in [7, 11) is 0. The number of hydrogen-bond acceptors (Lipinski definition) is 9. The fourth-order valence-electron chi connectivity index (χ4n) is 2.59. The van der Waals surface area contributed by atoms with Crippen LogP contribution in [-0.2, 0) is 11.3 Å². The summed E-state index contributed by atoms with van der Waals surface area (Å²) in [6.45, 7) is 1.43. The van der Waals surface area contributed by atoms with E-state index in [1.807, 2.05) is 0 Å². The van der Waals surface area contributed by atoms with Crippen LogP contribution in [0.3, 0.4) is 0 Å². The first-order valence-electron chi connectivity index (χ1n) is 9.11. The zero-order valence-corrected chi connectivity index (χ0v) is 16.1. The van der Waals surface area contributed by atoms with E-state index in [4.69, 9.17) is 19.0 Å². The molecule has 0 aliphatic heterocycles. The highest BCUT2D eigenvalue weighted by Gasteiger charge is 2.17. The predicted octanol–water partition coefficient (Wildman–Crippen LogP) is 2.79. The molecule has 1 aromatic carbocycles. The number of rotatable bonds is 8. The molecule has 1 unspecified atom stereocenters. The number of carbonyl (C=O) groups is 2. The first kappa shape index (κ1) is 19.9. The number of nitrogens with zero attached hydrogens (tertiary/aromatic N) is 3. The van der Waals surface area contributed by atoms with Gasteiger partial charge in [-0.25, -0.2) is 14.4 Å². The van der Waals surface area contributed by atoms with Gasteiger partial charge in [-0.1, -0.05) is 0 Å². The summed E-state index contributed by atoms with van der Waals surface area (Å²) >= 11 is 0. The van der Waals surface area contributed by atoms with Gasteiger partial charge in [0.1, 0.15) is 28.1 Å². The van der Waals surface area contributed by atoms with Crippen molar-refractivity contribution in [3.8, 4) is 17.6 Å². The highest BCUT2D eigenvalue weighted by Crippen LogP contribution is 2.25. The first-order chi connectivity index (χ1) is 15.0. The van der Waals surface area contributed by atoms with E-state index in [1.54, 1.807) is 36.4 Å². The molecule has 3 heterocycles. The van der Waals surface area contributed by atoms with E-state index in [0.717, 1.165) is 0 Å². The van der Waals surface area contributed by atoms with Crippen molar-refractivity contribution in [2.45, 2.75) is 19.6 Å². The summed E-state index contributed by atoms with van der Waals surface area (Å²) < 4.78 is 20.9. The van der Waals surface area contributed by atoms with Crippen LogP contribution in [0.1, 0.15) is 23.0 Å². The predicted molar refractivity (Wildman–Crippen MR) is 104 cm³/mol. The quantitative estimate of drug-likeness (QED) is 0.432. The molecule has 11 nitrogen and oxygen atoms in total. The first-order valence-corrected chi connectivity index (χ1v) is 9.11. The number of ether oxygens (including phenoxy) is 2. The summed E-state index contributed by atoms with van der Waals surface area (Å²) in [6.07, 6.45) is 0.443. The van der Waals surface area contributed by atoms with Gasteiger partial charge in [-0.3, -0.25) is 4.79 Å². The summed E-state index contributed by atoms with van der Waals surface area (Å²) in [5.74, 6) is -0.608. The van der Waals surface area contributed by atoms with Crippen LogP contribution in [0, 0.1) is 0 Å². The van der Waals surface area contributed by atoms with Gasteiger partial charge in [0.05, 0.1) is 6.54 Å². The Labute approximate surface area is 174 Å². The number of amides is 1. The second kappa shape index (κ2) is 8.53. The molecule has 3 aromatic heterocycles. The zero-order valence-electron chi connectivity index (χ0n) is 16.1. The van der Waals surface area contributed by atoms with Gasteiger partial charge in [-0.2, -0.15) is 0 Å². The lowest BCUT2D eigenvalue weighted by atomic mass is 10.2. The number of carboxylic acid groups (broad SMARTS) is 1. The molecule has 31 heavy (non-hydrogen) atoms. The van der Waals surface area contributed by atoms with E-state index in [0.29, 0.717) is 22.5 Å². The topological polar surface area (TPSA) is 150 Å². The molecule has 11 heteroatoms. The molecule has 1 atom stereocenters. The highest BCUT2D eigenvalue weighted by molar-refractivity contribution is 5.96. The van der Waals surface area contributed by atoms with E-state index in [2.05, 4.69) is 25.2 Å². The fraction of sp³-hybridized carbons (Fsp3) is 0.150.